The predicted molar refractivity (Wildman–Crippen MR) is 175 cm³/mol. The summed E-state index contributed by atoms with van der Waals surface area (Å²) in [5.41, 5.74) is 5.77. The van der Waals surface area contributed by atoms with Gasteiger partial charge in [0.25, 0.3) is 5.91 Å². The summed E-state index contributed by atoms with van der Waals surface area (Å²) in [5, 5.41) is 2.88. The molecule has 0 unspecified atom stereocenters. The van der Waals surface area contributed by atoms with Crippen LogP contribution in [0.2, 0.25) is 10.0 Å². The minimum Gasteiger partial charge on any atom is -0.870 e. The summed E-state index contributed by atoms with van der Waals surface area (Å²) in [5.74, 6) is -2.50. The molecule has 2 aromatic carbocycles. The SMILES string of the molecule is COc1ccc(C(=O)NCC(=O)O[C@@H](Cc2c(Cl)c[nH+]cc2Cl)c2ccc(OC(F)F)c(OCC3CC3)c2)cc1N(CC(N)=O)S(C)(=O)=O.[OH-]. The summed E-state index contributed by atoms with van der Waals surface area (Å²) in [4.78, 5) is 40.6. The molecule has 0 spiro atoms. The molecular weight excluding hydrogens is 729 g/mol. The number of aromatic nitrogens is 1. The van der Waals surface area contributed by atoms with E-state index in [-0.39, 0.29) is 63.0 Å². The molecule has 3 aromatic rings. The van der Waals surface area contributed by atoms with E-state index in [1.807, 2.05) is 0 Å². The van der Waals surface area contributed by atoms with Crippen molar-refractivity contribution in [1.29, 1.82) is 0 Å². The van der Waals surface area contributed by atoms with Crippen LogP contribution in [0.15, 0.2) is 48.8 Å². The Bertz CT molecular complexity index is 1800. The number of rotatable bonds is 17. The quantitative estimate of drug-likeness (QED) is 0.191. The number of esters is 1. The maximum atomic E-state index is 13.1. The molecule has 272 valence electrons. The van der Waals surface area contributed by atoms with E-state index in [0.29, 0.717) is 15.4 Å². The van der Waals surface area contributed by atoms with Crippen molar-refractivity contribution >= 4 is 56.7 Å². The molecule has 0 bridgehead atoms. The Kier molecular flexibility index (Phi) is 14.0. The highest BCUT2D eigenvalue weighted by Crippen LogP contribution is 2.38. The predicted octanol–water partition coefficient (Wildman–Crippen LogP) is 3.54. The van der Waals surface area contributed by atoms with Crippen LogP contribution in [0.1, 0.15) is 40.4 Å². The number of carbonyl (C=O) groups is 3. The van der Waals surface area contributed by atoms with E-state index in [0.717, 1.165) is 25.2 Å². The minimum absolute atomic E-state index is 0. The Morgan fingerprint density at radius 1 is 1.06 bits per heavy atom. The van der Waals surface area contributed by atoms with Gasteiger partial charge in [0.2, 0.25) is 15.9 Å². The number of primary amides is 1. The molecule has 0 saturated heterocycles. The zero-order valence-electron chi connectivity index (χ0n) is 26.7. The molecule has 1 fully saturated rings. The molecule has 14 nitrogen and oxygen atoms in total. The molecular formula is C31H34Cl2F2N4O10S. The van der Waals surface area contributed by atoms with Gasteiger partial charge in [-0.15, -0.1) is 0 Å². The second kappa shape index (κ2) is 17.5. The highest BCUT2D eigenvalue weighted by atomic mass is 35.5. The molecule has 4 rings (SSSR count). The molecule has 1 heterocycles. The van der Waals surface area contributed by atoms with Crippen LogP contribution < -0.4 is 34.6 Å². The lowest BCUT2D eigenvalue weighted by atomic mass is 10.0. The fourth-order valence-corrected chi connectivity index (χ4v) is 6.01. The summed E-state index contributed by atoms with van der Waals surface area (Å²) in [6.07, 6.45) is 4.55. The van der Waals surface area contributed by atoms with Crippen LogP contribution >= 0.6 is 23.2 Å². The van der Waals surface area contributed by atoms with Gasteiger partial charge in [0, 0.05) is 17.5 Å². The first-order valence-corrected chi connectivity index (χ1v) is 17.2. The highest BCUT2D eigenvalue weighted by molar-refractivity contribution is 7.92. The second-order valence-corrected chi connectivity index (χ2v) is 13.7. The maximum Gasteiger partial charge on any atom is 0.387 e. The van der Waals surface area contributed by atoms with E-state index < -0.39 is 53.6 Å². The molecule has 0 radical (unpaired) electrons. The van der Waals surface area contributed by atoms with Crippen molar-refractivity contribution in [1.82, 2.24) is 5.32 Å². The van der Waals surface area contributed by atoms with E-state index in [4.69, 9.17) is 43.1 Å². The first-order chi connectivity index (χ1) is 23.2. The average Bonchev–Trinajstić information content (AvgIpc) is 3.87. The van der Waals surface area contributed by atoms with Gasteiger partial charge in [0.15, 0.2) is 23.9 Å². The Hall–Kier alpha value is -4.45. The van der Waals surface area contributed by atoms with Gasteiger partial charge in [-0.05, 0) is 54.7 Å². The third-order valence-corrected chi connectivity index (χ3v) is 8.99. The minimum atomic E-state index is -4.03. The lowest BCUT2D eigenvalue weighted by Gasteiger charge is -2.23. The van der Waals surface area contributed by atoms with E-state index in [2.05, 4.69) is 15.0 Å². The molecule has 5 N–H and O–H groups in total. The van der Waals surface area contributed by atoms with Crippen molar-refractivity contribution in [3.8, 4) is 17.2 Å². The van der Waals surface area contributed by atoms with E-state index in [1.54, 1.807) is 0 Å². The Morgan fingerprint density at radius 2 is 1.72 bits per heavy atom. The number of carbonyl (C=O) groups excluding carboxylic acids is 3. The van der Waals surface area contributed by atoms with Crippen LogP contribution in [-0.2, 0) is 30.8 Å². The molecule has 1 aromatic heterocycles. The number of sulfonamides is 1. The third-order valence-electron chi connectivity index (χ3n) is 7.19. The smallest absolute Gasteiger partial charge is 0.387 e. The maximum absolute atomic E-state index is 13.1. The first kappa shape index (κ1) is 40.0. The zero-order valence-corrected chi connectivity index (χ0v) is 29.0. The molecule has 50 heavy (non-hydrogen) atoms. The Balaban J connectivity index is 0.00000676. The number of nitrogens with one attached hydrogen (secondary N) is 2. The highest BCUT2D eigenvalue weighted by Gasteiger charge is 2.28. The number of ether oxygens (including phenoxy) is 4. The number of halogens is 4. The molecule has 1 saturated carbocycles. The largest absolute Gasteiger partial charge is 0.870 e. The van der Waals surface area contributed by atoms with Gasteiger partial charge < -0.3 is 35.5 Å². The zero-order chi connectivity index (χ0) is 35.9. The summed E-state index contributed by atoms with van der Waals surface area (Å²) in [7, 11) is -2.76. The number of pyridine rings is 1. The van der Waals surface area contributed by atoms with Gasteiger partial charge in [0.1, 0.15) is 35.0 Å². The molecule has 1 aliphatic carbocycles. The third kappa shape index (κ3) is 11.0. The number of amides is 2. The van der Waals surface area contributed by atoms with E-state index in [1.165, 1.54) is 49.8 Å². The number of hydrogen-bond donors (Lipinski definition) is 2. The summed E-state index contributed by atoms with van der Waals surface area (Å²) in [6.45, 7) is -4.19. The number of hydrogen-bond acceptors (Lipinski definition) is 10. The number of nitrogens with two attached hydrogens (primary N) is 1. The number of H-pyrrole nitrogens is 1. The van der Waals surface area contributed by atoms with Crippen LogP contribution in [0.25, 0.3) is 0 Å². The van der Waals surface area contributed by atoms with Crippen molar-refractivity contribution in [2.24, 2.45) is 11.7 Å². The van der Waals surface area contributed by atoms with Crippen molar-refractivity contribution < 1.29 is 61.0 Å². The lowest BCUT2D eigenvalue weighted by molar-refractivity contribution is -0.377. The molecule has 1 atom stereocenters. The Morgan fingerprint density at radius 3 is 2.30 bits per heavy atom. The summed E-state index contributed by atoms with van der Waals surface area (Å²) < 4.78 is 73.1. The van der Waals surface area contributed by atoms with Crippen LogP contribution in [-0.4, -0.2) is 71.4 Å². The average molecular weight is 764 g/mol. The van der Waals surface area contributed by atoms with Gasteiger partial charge in [-0.25, -0.2) is 13.4 Å². The standard InChI is InChI=1S/C31H32Cl2F2N4O9S.H2O/c1-45-24-7-6-19(9-23(24)39(15-28(36)40)49(2,43)44)30(42)38-14-29(41)47-26(11-20-21(32)12-37-13-22(20)33)18-5-8-25(48-31(34)35)27(10-18)46-16-17-3-4-17;/h5-10,12-13,17,26,31H,3-4,11,14-16H2,1-2H3,(H2,36,40)(H,38,42);1H2/t26-;/m0./s1. The van der Waals surface area contributed by atoms with Crippen LogP contribution in [0.4, 0.5) is 14.5 Å². The molecule has 1 aliphatic rings. The van der Waals surface area contributed by atoms with Gasteiger partial charge in [-0.3, -0.25) is 18.7 Å². The molecule has 2 amide bonds. The van der Waals surface area contributed by atoms with E-state index >= 15 is 0 Å². The number of aromatic amines is 1. The van der Waals surface area contributed by atoms with Gasteiger partial charge >= 0.3 is 12.6 Å². The Labute approximate surface area is 296 Å². The number of methoxy groups -OCH3 is 1. The van der Waals surface area contributed by atoms with Crippen molar-refractivity contribution in [2.75, 3.05) is 37.4 Å². The topological polar surface area (TPSA) is 208 Å². The molecule has 19 heteroatoms. The van der Waals surface area contributed by atoms with E-state index in [9.17, 15) is 31.6 Å². The monoisotopic (exact) mass is 762 g/mol. The number of anilines is 1. The number of alkyl halides is 2. The second-order valence-electron chi connectivity index (χ2n) is 11.0. The normalized spacial score (nSPS) is 13.1. The van der Waals surface area contributed by atoms with Gasteiger partial charge in [0.05, 0.1) is 25.7 Å². The first-order valence-electron chi connectivity index (χ1n) is 14.6. The fourth-order valence-electron chi connectivity index (χ4n) is 4.61. The van der Waals surface area contributed by atoms with Gasteiger partial charge in [-0.2, -0.15) is 8.78 Å². The number of nitrogens with zero attached hydrogens (tertiary/aromatic N) is 1. The van der Waals surface area contributed by atoms with Crippen molar-refractivity contribution in [3.05, 3.63) is 75.5 Å². The van der Waals surface area contributed by atoms with Gasteiger partial charge in [-0.1, -0.05) is 29.3 Å². The van der Waals surface area contributed by atoms with Crippen molar-refractivity contribution in [2.45, 2.75) is 32.0 Å². The summed E-state index contributed by atoms with van der Waals surface area (Å²) in [6, 6.07) is 7.91. The van der Waals surface area contributed by atoms with Crippen molar-refractivity contribution in [3.63, 3.8) is 0 Å². The fraction of sp³-hybridized carbons (Fsp3) is 0.355. The number of benzene rings is 2. The molecule has 0 aliphatic heterocycles. The van der Waals surface area contributed by atoms with Crippen LogP contribution in [0, 0.1) is 5.92 Å². The van der Waals surface area contributed by atoms with Crippen LogP contribution in [0.3, 0.4) is 0 Å². The lowest BCUT2D eigenvalue weighted by Crippen LogP contribution is -2.38. The van der Waals surface area contributed by atoms with Crippen LogP contribution in [0.5, 0.6) is 17.2 Å². The summed E-state index contributed by atoms with van der Waals surface area (Å²) >= 11 is 12.7.